The highest BCUT2D eigenvalue weighted by Crippen LogP contribution is 2.19. The van der Waals surface area contributed by atoms with Crippen LogP contribution >= 0.6 is 0 Å². The van der Waals surface area contributed by atoms with Crippen LogP contribution in [-0.2, 0) is 11.8 Å². The van der Waals surface area contributed by atoms with Gasteiger partial charge < -0.3 is 14.8 Å². The van der Waals surface area contributed by atoms with Crippen molar-refractivity contribution in [1.29, 1.82) is 0 Å². The van der Waals surface area contributed by atoms with Gasteiger partial charge in [-0.1, -0.05) is 25.9 Å². The number of benzene rings is 1. The molecule has 0 saturated heterocycles. The van der Waals surface area contributed by atoms with E-state index in [9.17, 15) is 14.0 Å². The molecule has 0 radical (unpaired) electrons. The number of amides is 1. The maximum Gasteiger partial charge on any atom is 0.261 e. The molecule has 1 aromatic carbocycles. The highest BCUT2D eigenvalue weighted by molar-refractivity contribution is 5.97. The van der Waals surface area contributed by atoms with Crippen molar-refractivity contribution in [1.82, 2.24) is 20.4 Å². The minimum absolute atomic E-state index is 0.0346. The molecular weight excluding hydrogens is 339 g/mol. The molecule has 8 heteroatoms. The van der Waals surface area contributed by atoms with E-state index < -0.39 is 17.3 Å². The largest absolute Gasteiger partial charge is 0.351 e. The second-order valence-corrected chi connectivity index (χ2v) is 7.02. The maximum absolute atomic E-state index is 13.2. The average molecular weight is 358 g/mol. The molecule has 0 saturated carbocycles. The molecule has 0 aliphatic carbocycles. The van der Waals surface area contributed by atoms with E-state index in [-0.39, 0.29) is 17.5 Å². The lowest BCUT2D eigenvalue weighted by Crippen LogP contribution is -2.31. The topological polar surface area (TPSA) is 101 Å². The number of H-pyrrole nitrogens is 1. The van der Waals surface area contributed by atoms with Gasteiger partial charge in [0.2, 0.25) is 5.89 Å². The summed E-state index contributed by atoms with van der Waals surface area (Å²) in [6.07, 6.45) is 0.377. The Morgan fingerprint density at radius 3 is 2.77 bits per heavy atom. The summed E-state index contributed by atoms with van der Waals surface area (Å²) in [5, 5.41) is 7.11. The van der Waals surface area contributed by atoms with E-state index in [1.807, 2.05) is 20.8 Å². The summed E-state index contributed by atoms with van der Waals surface area (Å²) in [7, 11) is 0. The molecule has 0 fully saturated rings. The summed E-state index contributed by atoms with van der Waals surface area (Å²) in [4.78, 5) is 31.1. The number of carbonyl (C=O) groups is 1. The zero-order valence-corrected chi connectivity index (χ0v) is 14.7. The van der Waals surface area contributed by atoms with Crippen molar-refractivity contribution in [2.24, 2.45) is 0 Å². The lowest BCUT2D eigenvalue weighted by molar-refractivity contribution is 0.0952. The third-order valence-electron chi connectivity index (χ3n) is 3.80. The van der Waals surface area contributed by atoms with Gasteiger partial charge in [-0.3, -0.25) is 9.59 Å². The fraction of sp³-hybridized carbons (Fsp3) is 0.333. The van der Waals surface area contributed by atoms with Gasteiger partial charge in [0, 0.05) is 18.4 Å². The van der Waals surface area contributed by atoms with Gasteiger partial charge >= 0.3 is 0 Å². The third-order valence-corrected chi connectivity index (χ3v) is 3.80. The maximum atomic E-state index is 13.2. The first kappa shape index (κ1) is 17.8. The number of hydrogen-bond acceptors (Lipinski definition) is 5. The van der Waals surface area contributed by atoms with Gasteiger partial charge in [0.05, 0.1) is 5.52 Å². The number of carbonyl (C=O) groups excluding carboxylic acids is 1. The van der Waals surface area contributed by atoms with E-state index >= 15 is 0 Å². The molecule has 3 aromatic rings. The monoisotopic (exact) mass is 358 g/mol. The van der Waals surface area contributed by atoms with Crippen molar-refractivity contribution in [3.8, 4) is 0 Å². The summed E-state index contributed by atoms with van der Waals surface area (Å²) < 4.78 is 18.4. The van der Waals surface area contributed by atoms with E-state index in [0.29, 0.717) is 29.0 Å². The number of nitrogens with one attached hydrogen (secondary N) is 2. The van der Waals surface area contributed by atoms with Crippen LogP contribution in [0.4, 0.5) is 4.39 Å². The molecule has 0 atom stereocenters. The van der Waals surface area contributed by atoms with Crippen molar-refractivity contribution in [2.75, 3.05) is 6.54 Å². The number of rotatable bonds is 4. The second kappa shape index (κ2) is 6.70. The van der Waals surface area contributed by atoms with Crippen LogP contribution < -0.4 is 10.9 Å². The van der Waals surface area contributed by atoms with Crippen LogP contribution in [0.15, 0.2) is 33.6 Å². The van der Waals surface area contributed by atoms with Crippen LogP contribution in [0.2, 0.25) is 0 Å². The molecular formula is C18H19FN4O3. The first-order valence-electron chi connectivity index (χ1n) is 8.18. The van der Waals surface area contributed by atoms with Crippen LogP contribution in [0.1, 0.15) is 42.8 Å². The van der Waals surface area contributed by atoms with Crippen molar-refractivity contribution < 1.29 is 13.7 Å². The Kier molecular flexibility index (Phi) is 4.58. The van der Waals surface area contributed by atoms with Gasteiger partial charge in [-0.25, -0.2) is 4.39 Å². The van der Waals surface area contributed by atoms with Gasteiger partial charge in [-0.2, -0.15) is 4.98 Å². The second-order valence-electron chi connectivity index (χ2n) is 7.02. The minimum atomic E-state index is -0.574. The molecule has 3 rings (SSSR count). The van der Waals surface area contributed by atoms with E-state index in [0.717, 1.165) is 0 Å². The summed E-state index contributed by atoms with van der Waals surface area (Å²) in [5.74, 6) is 0.0345. The van der Waals surface area contributed by atoms with Crippen LogP contribution in [0.25, 0.3) is 10.9 Å². The molecule has 2 aromatic heterocycles. The van der Waals surface area contributed by atoms with Crippen molar-refractivity contribution in [2.45, 2.75) is 32.6 Å². The molecule has 0 unspecified atom stereocenters. The van der Waals surface area contributed by atoms with Crippen molar-refractivity contribution in [3.63, 3.8) is 0 Å². The van der Waals surface area contributed by atoms with Crippen LogP contribution in [0.5, 0.6) is 0 Å². The molecule has 26 heavy (non-hydrogen) atoms. The van der Waals surface area contributed by atoms with E-state index in [1.165, 1.54) is 24.3 Å². The number of aromatic nitrogens is 3. The molecule has 7 nitrogen and oxygen atoms in total. The summed E-state index contributed by atoms with van der Waals surface area (Å²) in [5.41, 5.74) is -0.511. The van der Waals surface area contributed by atoms with E-state index in [2.05, 4.69) is 20.4 Å². The SMILES string of the molecule is CC(C)(C)c1nc(CCNC(=O)c2cc3ccc(F)cc3[nH]c2=O)no1. The summed E-state index contributed by atoms with van der Waals surface area (Å²) >= 11 is 0. The quantitative estimate of drug-likeness (QED) is 0.745. The Hall–Kier alpha value is -3.03. The standard InChI is InChI=1S/C18H19FN4O3/c1-18(2,3)17-22-14(23-26-17)6-7-20-15(24)12-8-10-4-5-11(19)9-13(10)21-16(12)25/h4-5,8-9H,6-7H2,1-3H3,(H,20,24)(H,21,25). The van der Waals surface area contributed by atoms with Crippen molar-refractivity contribution >= 4 is 16.8 Å². The average Bonchev–Trinajstić information content (AvgIpc) is 3.03. The number of nitrogens with zero attached hydrogens (tertiary/aromatic N) is 2. The Bertz CT molecular complexity index is 1020. The zero-order valence-electron chi connectivity index (χ0n) is 14.7. The number of fused-ring (bicyclic) bond motifs is 1. The van der Waals surface area contributed by atoms with Crippen LogP contribution in [0.3, 0.4) is 0 Å². The lowest BCUT2D eigenvalue weighted by Gasteiger charge is -2.10. The lowest BCUT2D eigenvalue weighted by atomic mass is 9.97. The highest BCUT2D eigenvalue weighted by atomic mass is 19.1. The number of hydrogen-bond donors (Lipinski definition) is 2. The van der Waals surface area contributed by atoms with E-state index in [1.54, 1.807) is 0 Å². The van der Waals surface area contributed by atoms with Crippen LogP contribution in [-0.4, -0.2) is 27.6 Å². The Morgan fingerprint density at radius 2 is 2.08 bits per heavy atom. The molecule has 0 aliphatic heterocycles. The zero-order chi connectivity index (χ0) is 18.9. The minimum Gasteiger partial charge on any atom is -0.351 e. The molecule has 136 valence electrons. The molecule has 2 N–H and O–H groups in total. The fourth-order valence-corrected chi connectivity index (χ4v) is 2.39. The fourth-order valence-electron chi connectivity index (χ4n) is 2.39. The first-order chi connectivity index (χ1) is 12.2. The predicted molar refractivity (Wildman–Crippen MR) is 93.6 cm³/mol. The van der Waals surface area contributed by atoms with Gasteiger partial charge in [0.15, 0.2) is 5.82 Å². The third kappa shape index (κ3) is 3.79. The number of aromatic amines is 1. The molecule has 2 heterocycles. The molecule has 0 aliphatic rings. The smallest absolute Gasteiger partial charge is 0.261 e. The Balaban J connectivity index is 1.68. The molecule has 0 spiro atoms. The Labute approximate surface area is 148 Å². The summed E-state index contributed by atoms with van der Waals surface area (Å²) in [6, 6.07) is 5.42. The summed E-state index contributed by atoms with van der Waals surface area (Å²) in [6.45, 7) is 6.14. The predicted octanol–water partition coefficient (Wildman–Crippen LogP) is 2.32. The van der Waals surface area contributed by atoms with Gasteiger partial charge in [-0.05, 0) is 29.7 Å². The number of halogens is 1. The van der Waals surface area contributed by atoms with Crippen LogP contribution in [0, 0.1) is 5.82 Å². The first-order valence-corrected chi connectivity index (χ1v) is 8.18. The van der Waals surface area contributed by atoms with Crippen molar-refractivity contribution in [3.05, 3.63) is 57.7 Å². The van der Waals surface area contributed by atoms with E-state index in [4.69, 9.17) is 4.52 Å². The number of pyridine rings is 1. The highest BCUT2D eigenvalue weighted by Gasteiger charge is 2.21. The molecule has 1 amide bonds. The normalized spacial score (nSPS) is 11.7. The molecule has 0 bridgehead atoms. The van der Waals surface area contributed by atoms with Gasteiger partial charge in [-0.15, -0.1) is 0 Å². The van der Waals surface area contributed by atoms with Gasteiger partial charge in [0.25, 0.3) is 11.5 Å². The Morgan fingerprint density at radius 1 is 1.31 bits per heavy atom. The van der Waals surface area contributed by atoms with Gasteiger partial charge in [0.1, 0.15) is 11.4 Å².